The molecule has 0 aliphatic carbocycles. The zero-order valence-corrected chi connectivity index (χ0v) is 12.0. The summed E-state index contributed by atoms with van der Waals surface area (Å²) < 4.78 is 4.96. The number of rotatable bonds is 6. The van der Waals surface area contributed by atoms with Crippen LogP contribution in [0.25, 0.3) is 0 Å². The van der Waals surface area contributed by atoms with Crippen LogP contribution in [-0.2, 0) is 4.74 Å². The number of hydrogen-bond acceptors (Lipinski definition) is 6. The third kappa shape index (κ3) is 3.89. The summed E-state index contributed by atoms with van der Waals surface area (Å²) in [5.41, 5.74) is 3.41. The standard InChI is InChI=1S/C14H19N5O/c1-10-4-5-12(11(2)8-10)17-13-9-16-19-14(18-13)15-6-7-20-3/h4-5,8-9H,6-7H2,1-3H3,(H2,15,17,18,19). The summed E-state index contributed by atoms with van der Waals surface area (Å²) in [6, 6.07) is 6.21. The van der Waals surface area contributed by atoms with Gasteiger partial charge in [0.25, 0.3) is 0 Å². The van der Waals surface area contributed by atoms with E-state index in [1.807, 2.05) is 6.07 Å². The zero-order chi connectivity index (χ0) is 14.4. The Labute approximate surface area is 118 Å². The molecular formula is C14H19N5O. The van der Waals surface area contributed by atoms with E-state index in [1.54, 1.807) is 13.3 Å². The van der Waals surface area contributed by atoms with Crippen LogP contribution in [0.4, 0.5) is 17.5 Å². The molecule has 6 nitrogen and oxygen atoms in total. The Kier molecular flexibility index (Phi) is 4.84. The highest BCUT2D eigenvalue weighted by Crippen LogP contribution is 2.20. The number of nitrogens with zero attached hydrogens (tertiary/aromatic N) is 3. The summed E-state index contributed by atoms with van der Waals surface area (Å²) in [6.45, 7) is 5.37. The molecule has 0 atom stereocenters. The van der Waals surface area contributed by atoms with E-state index >= 15 is 0 Å². The van der Waals surface area contributed by atoms with Gasteiger partial charge >= 0.3 is 0 Å². The lowest BCUT2D eigenvalue weighted by Gasteiger charge is -2.10. The topological polar surface area (TPSA) is 72.0 Å². The minimum Gasteiger partial charge on any atom is -0.383 e. The molecule has 2 aromatic rings. The van der Waals surface area contributed by atoms with Crippen molar-refractivity contribution in [3.8, 4) is 0 Å². The summed E-state index contributed by atoms with van der Waals surface area (Å²) in [5.74, 6) is 1.14. The molecule has 6 heteroatoms. The number of benzene rings is 1. The second-order valence-corrected chi connectivity index (χ2v) is 4.53. The molecular weight excluding hydrogens is 254 g/mol. The van der Waals surface area contributed by atoms with Gasteiger partial charge in [0.15, 0.2) is 5.82 Å². The molecule has 106 valence electrons. The summed E-state index contributed by atoms with van der Waals surface area (Å²) in [6.07, 6.45) is 1.60. The molecule has 0 bridgehead atoms. The van der Waals surface area contributed by atoms with Gasteiger partial charge in [0.2, 0.25) is 5.95 Å². The number of hydrogen-bond donors (Lipinski definition) is 2. The highest BCUT2D eigenvalue weighted by Gasteiger charge is 2.03. The van der Waals surface area contributed by atoms with Gasteiger partial charge < -0.3 is 15.4 Å². The second kappa shape index (κ2) is 6.81. The number of aryl methyl sites for hydroxylation is 2. The van der Waals surface area contributed by atoms with Gasteiger partial charge in [-0.1, -0.05) is 17.7 Å². The number of methoxy groups -OCH3 is 1. The van der Waals surface area contributed by atoms with Crippen molar-refractivity contribution in [2.45, 2.75) is 13.8 Å². The first-order chi connectivity index (χ1) is 9.69. The molecule has 0 spiro atoms. The van der Waals surface area contributed by atoms with Gasteiger partial charge in [-0.05, 0) is 25.5 Å². The van der Waals surface area contributed by atoms with Crippen molar-refractivity contribution in [2.75, 3.05) is 30.9 Å². The molecule has 0 saturated heterocycles. The molecule has 0 unspecified atom stereocenters. The van der Waals surface area contributed by atoms with Crippen LogP contribution in [0.2, 0.25) is 0 Å². The smallest absolute Gasteiger partial charge is 0.244 e. The first kappa shape index (κ1) is 14.2. The van der Waals surface area contributed by atoms with Crippen molar-refractivity contribution in [3.63, 3.8) is 0 Å². The van der Waals surface area contributed by atoms with E-state index in [0.29, 0.717) is 24.9 Å². The molecule has 2 N–H and O–H groups in total. The van der Waals surface area contributed by atoms with Gasteiger partial charge in [0.05, 0.1) is 12.8 Å². The molecule has 20 heavy (non-hydrogen) atoms. The molecule has 0 saturated carbocycles. The SMILES string of the molecule is COCCNc1nncc(Nc2ccc(C)cc2C)n1. The maximum atomic E-state index is 4.96. The van der Waals surface area contributed by atoms with E-state index in [1.165, 1.54) is 5.56 Å². The van der Waals surface area contributed by atoms with Gasteiger partial charge in [-0.2, -0.15) is 10.1 Å². The molecule has 2 rings (SSSR count). The van der Waals surface area contributed by atoms with Crippen LogP contribution < -0.4 is 10.6 Å². The minimum atomic E-state index is 0.483. The molecule has 0 radical (unpaired) electrons. The normalized spacial score (nSPS) is 10.3. The van der Waals surface area contributed by atoms with E-state index in [2.05, 4.69) is 51.8 Å². The van der Waals surface area contributed by atoms with Crippen LogP contribution in [0.5, 0.6) is 0 Å². The Hall–Kier alpha value is -2.21. The highest BCUT2D eigenvalue weighted by molar-refractivity contribution is 5.60. The Bertz CT molecular complexity index is 573. The van der Waals surface area contributed by atoms with E-state index in [4.69, 9.17) is 4.74 Å². The van der Waals surface area contributed by atoms with Crippen molar-refractivity contribution in [1.82, 2.24) is 15.2 Å². The summed E-state index contributed by atoms with van der Waals surface area (Å²) in [7, 11) is 1.65. The number of aromatic nitrogens is 3. The molecule has 1 heterocycles. The molecule has 1 aromatic heterocycles. The van der Waals surface area contributed by atoms with Crippen LogP contribution in [-0.4, -0.2) is 35.4 Å². The third-order valence-corrected chi connectivity index (χ3v) is 2.79. The summed E-state index contributed by atoms with van der Waals surface area (Å²) in [5, 5.41) is 14.1. The predicted molar refractivity (Wildman–Crippen MR) is 79.4 cm³/mol. The first-order valence-electron chi connectivity index (χ1n) is 6.46. The van der Waals surface area contributed by atoms with Crippen LogP contribution in [0.15, 0.2) is 24.4 Å². The first-order valence-corrected chi connectivity index (χ1v) is 6.46. The molecule has 0 aliphatic rings. The highest BCUT2D eigenvalue weighted by atomic mass is 16.5. The molecule has 0 amide bonds. The van der Waals surface area contributed by atoms with Crippen LogP contribution in [0, 0.1) is 13.8 Å². The fourth-order valence-electron chi connectivity index (χ4n) is 1.80. The summed E-state index contributed by atoms with van der Waals surface area (Å²) in [4.78, 5) is 4.35. The van der Waals surface area contributed by atoms with Gasteiger partial charge in [0.1, 0.15) is 0 Å². The fraction of sp³-hybridized carbons (Fsp3) is 0.357. The number of ether oxygens (including phenoxy) is 1. The van der Waals surface area contributed by atoms with Crippen molar-refractivity contribution in [1.29, 1.82) is 0 Å². The lowest BCUT2D eigenvalue weighted by atomic mass is 10.1. The lowest BCUT2D eigenvalue weighted by molar-refractivity contribution is 0.210. The van der Waals surface area contributed by atoms with E-state index in [-0.39, 0.29) is 0 Å². The maximum Gasteiger partial charge on any atom is 0.244 e. The Morgan fingerprint density at radius 2 is 2.10 bits per heavy atom. The lowest BCUT2D eigenvalue weighted by Crippen LogP contribution is -2.11. The average Bonchev–Trinajstić information content (AvgIpc) is 2.43. The van der Waals surface area contributed by atoms with Crippen molar-refractivity contribution in [3.05, 3.63) is 35.5 Å². The minimum absolute atomic E-state index is 0.483. The quantitative estimate of drug-likeness (QED) is 0.787. The fourth-order valence-corrected chi connectivity index (χ4v) is 1.80. The number of anilines is 3. The Morgan fingerprint density at radius 1 is 1.25 bits per heavy atom. The average molecular weight is 273 g/mol. The van der Waals surface area contributed by atoms with Crippen molar-refractivity contribution in [2.24, 2.45) is 0 Å². The number of nitrogens with one attached hydrogen (secondary N) is 2. The Morgan fingerprint density at radius 3 is 2.85 bits per heavy atom. The third-order valence-electron chi connectivity index (χ3n) is 2.79. The van der Waals surface area contributed by atoms with Gasteiger partial charge in [-0.15, -0.1) is 5.10 Å². The largest absolute Gasteiger partial charge is 0.383 e. The maximum absolute atomic E-state index is 4.96. The van der Waals surface area contributed by atoms with E-state index < -0.39 is 0 Å². The van der Waals surface area contributed by atoms with Gasteiger partial charge in [-0.3, -0.25) is 0 Å². The monoisotopic (exact) mass is 273 g/mol. The zero-order valence-electron chi connectivity index (χ0n) is 12.0. The van der Waals surface area contributed by atoms with E-state index in [0.717, 1.165) is 11.3 Å². The van der Waals surface area contributed by atoms with E-state index in [9.17, 15) is 0 Å². The summed E-state index contributed by atoms with van der Waals surface area (Å²) >= 11 is 0. The van der Waals surface area contributed by atoms with Crippen LogP contribution in [0.1, 0.15) is 11.1 Å². The second-order valence-electron chi connectivity index (χ2n) is 4.53. The molecule has 0 aliphatic heterocycles. The van der Waals surface area contributed by atoms with Crippen LogP contribution >= 0.6 is 0 Å². The predicted octanol–water partition coefficient (Wildman–Crippen LogP) is 2.29. The van der Waals surface area contributed by atoms with Gasteiger partial charge in [0, 0.05) is 19.3 Å². The Balaban J connectivity index is 2.07. The molecule has 0 fully saturated rings. The van der Waals surface area contributed by atoms with Crippen molar-refractivity contribution >= 4 is 17.5 Å². The van der Waals surface area contributed by atoms with Crippen LogP contribution in [0.3, 0.4) is 0 Å². The molecule has 1 aromatic carbocycles. The van der Waals surface area contributed by atoms with Crippen molar-refractivity contribution < 1.29 is 4.74 Å². The van der Waals surface area contributed by atoms with Gasteiger partial charge in [-0.25, -0.2) is 0 Å².